The molecule has 0 radical (unpaired) electrons. The van der Waals surface area contributed by atoms with Gasteiger partial charge < -0.3 is 20.1 Å². The number of rotatable bonds is 12. The molecule has 180 valence electrons. The fourth-order valence-electron chi connectivity index (χ4n) is 2.98. The summed E-state index contributed by atoms with van der Waals surface area (Å²) in [5.41, 5.74) is 1.16. The third kappa shape index (κ3) is 6.58. The zero-order valence-electron chi connectivity index (χ0n) is 18.6. The molecule has 11 heteroatoms. The topological polar surface area (TPSA) is 107 Å². The Morgan fingerprint density at radius 1 is 1.06 bits per heavy atom. The molecule has 0 aliphatic heterocycles. The van der Waals surface area contributed by atoms with Crippen LogP contribution in [0.5, 0.6) is 5.75 Å². The van der Waals surface area contributed by atoms with E-state index < -0.39 is 18.4 Å². The highest BCUT2D eigenvalue weighted by atomic mass is 19.1. The highest BCUT2D eigenvalue weighted by Crippen LogP contribution is 2.24. The minimum absolute atomic E-state index is 0.00710. The van der Waals surface area contributed by atoms with Crippen molar-refractivity contribution in [1.82, 2.24) is 25.6 Å². The van der Waals surface area contributed by atoms with Crippen LogP contribution in [0.2, 0.25) is 0 Å². The van der Waals surface area contributed by atoms with Crippen LogP contribution in [0, 0.1) is 5.82 Å². The fraction of sp³-hybridized carbons (Fsp3) is 0.304. The van der Waals surface area contributed by atoms with Crippen molar-refractivity contribution in [2.45, 2.75) is 13.5 Å². The number of amides is 2. The van der Waals surface area contributed by atoms with E-state index in [4.69, 9.17) is 9.47 Å². The number of alkyl halides is 1. The van der Waals surface area contributed by atoms with Crippen LogP contribution in [0.4, 0.5) is 8.78 Å². The van der Waals surface area contributed by atoms with Gasteiger partial charge in [0.1, 0.15) is 30.5 Å². The Bertz CT molecular complexity index is 1120. The summed E-state index contributed by atoms with van der Waals surface area (Å²) in [4.78, 5) is 24.7. The molecule has 0 saturated heterocycles. The summed E-state index contributed by atoms with van der Waals surface area (Å²) in [5.74, 6) is -0.929. The Balaban J connectivity index is 1.76. The minimum atomic E-state index is -0.599. The molecule has 0 atom stereocenters. The van der Waals surface area contributed by atoms with Crippen LogP contribution in [0.25, 0.3) is 5.69 Å². The van der Waals surface area contributed by atoms with Gasteiger partial charge in [-0.3, -0.25) is 9.59 Å². The Kier molecular flexibility index (Phi) is 9.04. The molecule has 2 N–H and O–H groups in total. The molecule has 0 aliphatic rings. The van der Waals surface area contributed by atoms with E-state index in [0.29, 0.717) is 29.1 Å². The van der Waals surface area contributed by atoms with Crippen LogP contribution < -0.4 is 15.4 Å². The predicted molar refractivity (Wildman–Crippen MR) is 119 cm³/mol. The Hall–Kier alpha value is -3.86. The number of carbonyl (C=O) groups excluding carboxylic acids is 2. The van der Waals surface area contributed by atoms with Crippen molar-refractivity contribution in [3.05, 3.63) is 71.3 Å². The standard InChI is InChI=1S/C23H25F2N5O4/c1-2-26-22(31)16-7-8-20(21(13-16)34-12-11-33-10-9-24)30-15-19(28-29-30)23(32)27-14-17-5-3-4-6-18(17)25/h3-8,13,15H,2,9-12,14H2,1H3,(H,26,31)(H,27,32). The van der Waals surface area contributed by atoms with Crippen molar-refractivity contribution in [1.29, 1.82) is 0 Å². The highest BCUT2D eigenvalue weighted by molar-refractivity contribution is 5.95. The number of benzene rings is 2. The maximum atomic E-state index is 13.8. The lowest BCUT2D eigenvalue weighted by Gasteiger charge is -2.13. The molecule has 9 nitrogen and oxygen atoms in total. The first-order valence-corrected chi connectivity index (χ1v) is 10.7. The number of carbonyl (C=O) groups is 2. The maximum absolute atomic E-state index is 13.8. The zero-order chi connectivity index (χ0) is 24.3. The first-order chi connectivity index (χ1) is 16.5. The van der Waals surface area contributed by atoms with Gasteiger partial charge >= 0.3 is 0 Å². The molecule has 0 bridgehead atoms. The van der Waals surface area contributed by atoms with Gasteiger partial charge in [0.05, 0.1) is 19.4 Å². The predicted octanol–water partition coefficient (Wildman–Crippen LogP) is 2.45. The molecular formula is C23H25F2N5O4. The molecule has 3 aromatic rings. The van der Waals surface area contributed by atoms with Crippen LogP contribution in [-0.4, -0.2) is 59.8 Å². The molecule has 3 rings (SSSR count). The first kappa shape index (κ1) is 24.8. The molecule has 34 heavy (non-hydrogen) atoms. The van der Waals surface area contributed by atoms with Crippen molar-refractivity contribution in [3.63, 3.8) is 0 Å². The summed E-state index contributed by atoms with van der Waals surface area (Å²) in [6.07, 6.45) is 1.39. The molecule has 1 heterocycles. The number of aromatic nitrogens is 3. The summed E-state index contributed by atoms with van der Waals surface area (Å²) in [7, 11) is 0. The molecule has 2 aromatic carbocycles. The van der Waals surface area contributed by atoms with E-state index in [1.165, 1.54) is 23.0 Å². The van der Waals surface area contributed by atoms with Crippen LogP contribution in [0.1, 0.15) is 33.3 Å². The second-order valence-electron chi connectivity index (χ2n) is 7.01. The van der Waals surface area contributed by atoms with Gasteiger partial charge in [-0.05, 0) is 31.2 Å². The Morgan fingerprint density at radius 2 is 1.88 bits per heavy atom. The number of hydrogen-bond donors (Lipinski definition) is 2. The summed E-state index contributed by atoms with van der Waals surface area (Å²) < 4.78 is 38.1. The lowest BCUT2D eigenvalue weighted by Crippen LogP contribution is -2.23. The van der Waals surface area contributed by atoms with Crippen molar-refractivity contribution in [2.75, 3.05) is 33.0 Å². The van der Waals surface area contributed by atoms with Crippen molar-refractivity contribution >= 4 is 11.8 Å². The first-order valence-electron chi connectivity index (χ1n) is 10.7. The molecule has 0 fully saturated rings. The van der Waals surface area contributed by atoms with Crippen molar-refractivity contribution in [2.24, 2.45) is 0 Å². The van der Waals surface area contributed by atoms with E-state index in [1.807, 2.05) is 0 Å². The fourth-order valence-corrected chi connectivity index (χ4v) is 2.98. The summed E-state index contributed by atoms with van der Waals surface area (Å²) >= 11 is 0. The van der Waals surface area contributed by atoms with E-state index in [9.17, 15) is 18.4 Å². The SMILES string of the molecule is CCNC(=O)c1ccc(-n2cc(C(=O)NCc3ccccc3F)nn2)c(OCCOCCF)c1. The maximum Gasteiger partial charge on any atom is 0.273 e. The largest absolute Gasteiger partial charge is 0.489 e. The van der Waals surface area contributed by atoms with Crippen LogP contribution >= 0.6 is 0 Å². The number of nitrogens with zero attached hydrogens (tertiary/aromatic N) is 3. The van der Waals surface area contributed by atoms with Crippen LogP contribution in [0.15, 0.2) is 48.7 Å². The minimum Gasteiger partial charge on any atom is -0.489 e. The number of hydrogen-bond acceptors (Lipinski definition) is 6. The lowest BCUT2D eigenvalue weighted by molar-refractivity contribution is 0.0894. The van der Waals surface area contributed by atoms with Crippen LogP contribution in [-0.2, 0) is 11.3 Å². The van der Waals surface area contributed by atoms with Gasteiger partial charge in [0.15, 0.2) is 5.69 Å². The summed E-state index contributed by atoms with van der Waals surface area (Å²) in [6, 6.07) is 10.9. The van der Waals surface area contributed by atoms with Gasteiger partial charge in [-0.25, -0.2) is 13.5 Å². The molecule has 1 aromatic heterocycles. The average molecular weight is 473 g/mol. The monoisotopic (exact) mass is 473 g/mol. The third-order valence-electron chi connectivity index (χ3n) is 4.64. The van der Waals surface area contributed by atoms with E-state index in [2.05, 4.69) is 20.9 Å². The molecular weight excluding hydrogens is 448 g/mol. The normalized spacial score (nSPS) is 10.7. The molecule has 2 amide bonds. The van der Waals surface area contributed by atoms with E-state index in [1.54, 1.807) is 37.3 Å². The molecule has 0 spiro atoms. The number of halogens is 2. The second kappa shape index (κ2) is 12.4. The average Bonchev–Trinajstić information content (AvgIpc) is 3.33. The number of ether oxygens (including phenoxy) is 2. The summed E-state index contributed by atoms with van der Waals surface area (Å²) in [6.45, 7) is 1.88. The van der Waals surface area contributed by atoms with Crippen LogP contribution in [0.3, 0.4) is 0 Å². The van der Waals surface area contributed by atoms with Gasteiger partial charge in [-0.15, -0.1) is 5.10 Å². The van der Waals surface area contributed by atoms with Gasteiger partial charge in [0.25, 0.3) is 11.8 Å². The molecule has 0 aliphatic carbocycles. The number of nitrogens with one attached hydrogen (secondary N) is 2. The lowest BCUT2D eigenvalue weighted by atomic mass is 10.1. The third-order valence-corrected chi connectivity index (χ3v) is 4.64. The Morgan fingerprint density at radius 3 is 2.65 bits per heavy atom. The smallest absolute Gasteiger partial charge is 0.273 e. The van der Waals surface area contributed by atoms with Crippen molar-refractivity contribution < 1.29 is 27.8 Å². The highest BCUT2D eigenvalue weighted by Gasteiger charge is 2.16. The van der Waals surface area contributed by atoms with Gasteiger partial charge in [0.2, 0.25) is 0 Å². The molecule has 0 unspecified atom stereocenters. The zero-order valence-corrected chi connectivity index (χ0v) is 18.6. The van der Waals surface area contributed by atoms with E-state index in [-0.39, 0.29) is 38.0 Å². The molecule has 0 saturated carbocycles. The van der Waals surface area contributed by atoms with Gasteiger partial charge in [-0.1, -0.05) is 23.4 Å². The van der Waals surface area contributed by atoms with E-state index in [0.717, 1.165) is 0 Å². The van der Waals surface area contributed by atoms with Gasteiger partial charge in [-0.2, -0.15) is 0 Å². The van der Waals surface area contributed by atoms with E-state index >= 15 is 0 Å². The summed E-state index contributed by atoms with van der Waals surface area (Å²) in [5, 5.41) is 13.2. The Labute approximate surface area is 195 Å². The second-order valence-corrected chi connectivity index (χ2v) is 7.01. The van der Waals surface area contributed by atoms with Gasteiger partial charge in [0, 0.05) is 24.2 Å². The van der Waals surface area contributed by atoms with Crippen molar-refractivity contribution in [3.8, 4) is 11.4 Å². The quantitative estimate of drug-likeness (QED) is 0.392.